The zero-order valence-corrected chi connectivity index (χ0v) is 13.3. The fourth-order valence-electron chi connectivity index (χ4n) is 2.43. The van der Waals surface area contributed by atoms with Crippen LogP contribution in [-0.2, 0) is 9.84 Å². The molecule has 0 saturated carbocycles. The normalized spacial score (nSPS) is 11.2. The molecule has 24 heavy (non-hydrogen) atoms. The third kappa shape index (κ3) is 2.91. The molecule has 6 heteroatoms. The van der Waals surface area contributed by atoms with Crippen LogP contribution in [0.4, 0.5) is 5.69 Å². The van der Waals surface area contributed by atoms with Crippen molar-refractivity contribution in [2.75, 3.05) is 0 Å². The van der Waals surface area contributed by atoms with Crippen molar-refractivity contribution in [2.24, 2.45) is 0 Å². The van der Waals surface area contributed by atoms with Gasteiger partial charge >= 0.3 is 0 Å². The summed E-state index contributed by atoms with van der Waals surface area (Å²) >= 11 is 0. The summed E-state index contributed by atoms with van der Waals surface area (Å²) < 4.78 is 25.9. The van der Waals surface area contributed by atoms with Crippen molar-refractivity contribution < 1.29 is 13.3 Å². The minimum Gasteiger partial charge on any atom is -0.258 e. The Hall–Kier alpha value is -2.99. The smallest absolute Gasteiger partial charge is 0.258 e. The van der Waals surface area contributed by atoms with E-state index in [4.69, 9.17) is 0 Å². The van der Waals surface area contributed by atoms with E-state index in [2.05, 4.69) is 0 Å². The molecule has 0 fully saturated rings. The number of hydrogen-bond donors (Lipinski definition) is 0. The second kappa shape index (κ2) is 6.25. The molecule has 5 nitrogen and oxygen atoms in total. The van der Waals surface area contributed by atoms with Gasteiger partial charge in [-0.2, -0.15) is 0 Å². The van der Waals surface area contributed by atoms with E-state index >= 15 is 0 Å². The Morgan fingerprint density at radius 2 is 1.33 bits per heavy atom. The van der Waals surface area contributed by atoms with Crippen molar-refractivity contribution in [3.8, 4) is 11.1 Å². The van der Waals surface area contributed by atoms with E-state index in [0.717, 1.165) is 5.56 Å². The molecule has 0 amide bonds. The topological polar surface area (TPSA) is 77.3 Å². The van der Waals surface area contributed by atoms with Crippen molar-refractivity contribution in [2.45, 2.75) is 9.79 Å². The van der Waals surface area contributed by atoms with E-state index in [1.807, 2.05) is 30.3 Å². The largest absolute Gasteiger partial charge is 0.269 e. The molecule has 120 valence electrons. The summed E-state index contributed by atoms with van der Waals surface area (Å²) in [5, 5.41) is 10.7. The Bertz CT molecular complexity index is 981. The maximum atomic E-state index is 12.9. The molecule has 0 saturated heterocycles. The Morgan fingerprint density at radius 1 is 0.750 bits per heavy atom. The molecule has 3 aromatic carbocycles. The molecule has 3 aromatic rings. The number of benzene rings is 3. The standard InChI is InChI=1S/C18H13NO4S/c20-19(21)15-10-12-16(13-11-15)24(22,23)18-9-5-4-8-17(18)14-6-2-1-3-7-14/h1-13H. The van der Waals surface area contributed by atoms with Gasteiger partial charge < -0.3 is 0 Å². The van der Waals surface area contributed by atoms with Crippen molar-refractivity contribution >= 4 is 15.5 Å². The molecule has 0 radical (unpaired) electrons. The summed E-state index contributed by atoms with van der Waals surface area (Å²) in [4.78, 5) is 10.4. The number of hydrogen-bond acceptors (Lipinski definition) is 4. The number of rotatable bonds is 4. The number of nitrogens with zero attached hydrogens (tertiary/aromatic N) is 1. The van der Waals surface area contributed by atoms with Crippen LogP contribution in [0.2, 0.25) is 0 Å². The molecule has 0 unspecified atom stereocenters. The van der Waals surface area contributed by atoms with Crippen LogP contribution in [0.1, 0.15) is 0 Å². The molecule has 0 aliphatic carbocycles. The third-order valence-corrected chi connectivity index (χ3v) is 5.45. The summed E-state index contributed by atoms with van der Waals surface area (Å²) in [5.74, 6) is 0. The van der Waals surface area contributed by atoms with Crippen LogP contribution in [0.15, 0.2) is 88.7 Å². The maximum absolute atomic E-state index is 12.9. The van der Waals surface area contributed by atoms with Gasteiger partial charge in [-0.1, -0.05) is 48.5 Å². The molecule has 0 aromatic heterocycles. The first-order valence-electron chi connectivity index (χ1n) is 7.14. The number of sulfone groups is 1. The van der Waals surface area contributed by atoms with Gasteiger partial charge in [0.1, 0.15) is 0 Å². The quantitative estimate of drug-likeness (QED) is 0.530. The molecule has 0 N–H and O–H groups in total. The van der Waals surface area contributed by atoms with Gasteiger partial charge in [0.15, 0.2) is 0 Å². The molecule has 0 atom stereocenters. The molecule has 0 aliphatic heterocycles. The van der Waals surface area contributed by atoms with Gasteiger partial charge in [-0.3, -0.25) is 10.1 Å². The van der Waals surface area contributed by atoms with E-state index in [9.17, 15) is 18.5 Å². The van der Waals surface area contributed by atoms with Crippen molar-refractivity contribution in [1.29, 1.82) is 0 Å². The van der Waals surface area contributed by atoms with Crippen molar-refractivity contribution in [3.05, 3.63) is 89.0 Å². The van der Waals surface area contributed by atoms with Gasteiger partial charge in [-0.05, 0) is 23.8 Å². The van der Waals surface area contributed by atoms with Gasteiger partial charge in [0.2, 0.25) is 9.84 Å². The second-order valence-electron chi connectivity index (χ2n) is 5.12. The minimum atomic E-state index is -3.78. The van der Waals surface area contributed by atoms with Crippen molar-refractivity contribution in [3.63, 3.8) is 0 Å². The predicted molar refractivity (Wildman–Crippen MR) is 90.4 cm³/mol. The number of nitro groups is 1. The minimum absolute atomic E-state index is 0.0245. The number of nitro benzene ring substituents is 1. The highest BCUT2D eigenvalue weighted by atomic mass is 32.2. The van der Waals surface area contributed by atoms with Crippen LogP contribution in [0.3, 0.4) is 0 Å². The third-order valence-electron chi connectivity index (χ3n) is 3.62. The first-order chi connectivity index (χ1) is 11.5. The average Bonchev–Trinajstić information content (AvgIpc) is 2.62. The average molecular weight is 339 g/mol. The summed E-state index contributed by atoms with van der Waals surface area (Å²) in [5.41, 5.74) is 1.24. The van der Waals surface area contributed by atoms with Crippen LogP contribution < -0.4 is 0 Å². The van der Waals surface area contributed by atoms with Crippen LogP contribution in [0.5, 0.6) is 0 Å². The SMILES string of the molecule is O=[N+]([O-])c1ccc(S(=O)(=O)c2ccccc2-c2ccccc2)cc1. The Kier molecular flexibility index (Phi) is 4.14. The van der Waals surface area contributed by atoms with Gasteiger partial charge in [0, 0.05) is 17.7 Å². The van der Waals surface area contributed by atoms with Crippen LogP contribution in [0.25, 0.3) is 11.1 Å². The molecular formula is C18H13NO4S. The molecule has 0 aliphatic rings. The molecule has 0 bridgehead atoms. The highest BCUT2D eigenvalue weighted by molar-refractivity contribution is 7.91. The molecule has 0 heterocycles. The van der Waals surface area contributed by atoms with E-state index in [0.29, 0.717) is 5.56 Å². The molecule has 0 spiro atoms. The Morgan fingerprint density at radius 3 is 1.96 bits per heavy atom. The van der Waals surface area contributed by atoms with E-state index in [1.54, 1.807) is 24.3 Å². The fraction of sp³-hybridized carbons (Fsp3) is 0. The highest BCUT2D eigenvalue weighted by Gasteiger charge is 2.22. The van der Waals surface area contributed by atoms with Crippen LogP contribution >= 0.6 is 0 Å². The molecule has 3 rings (SSSR count). The lowest BCUT2D eigenvalue weighted by Crippen LogP contribution is -2.04. The first kappa shape index (κ1) is 15.9. The van der Waals surface area contributed by atoms with E-state index in [1.165, 1.54) is 24.3 Å². The zero-order chi connectivity index (χ0) is 17.2. The van der Waals surface area contributed by atoms with Crippen LogP contribution in [-0.4, -0.2) is 13.3 Å². The zero-order valence-electron chi connectivity index (χ0n) is 12.5. The second-order valence-corrected chi connectivity index (χ2v) is 7.03. The lowest BCUT2D eigenvalue weighted by Gasteiger charge is -2.10. The summed E-state index contributed by atoms with van der Waals surface area (Å²) in [6.45, 7) is 0. The van der Waals surface area contributed by atoms with Gasteiger partial charge in [0.05, 0.1) is 14.7 Å². The van der Waals surface area contributed by atoms with Crippen molar-refractivity contribution in [1.82, 2.24) is 0 Å². The van der Waals surface area contributed by atoms with E-state index < -0.39 is 14.8 Å². The monoisotopic (exact) mass is 339 g/mol. The number of non-ortho nitro benzene ring substituents is 1. The van der Waals surface area contributed by atoms with E-state index in [-0.39, 0.29) is 15.5 Å². The lowest BCUT2D eigenvalue weighted by atomic mass is 10.1. The Balaban J connectivity index is 2.13. The molecular weight excluding hydrogens is 326 g/mol. The highest BCUT2D eigenvalue weighted by Crippen LogP contribution is 2.31. The Labute approximate surface area is 139 Å². The van der Waals surface area contributed by atoms with Gasteiger partial charge in [0.25, 0.3) is 5.69 Å². The lowest BCUT2D eigenvalue weighted by molar-refractivity contribution is -0.384. The fourth-order valence-corrected chi connectivity index (χ4v) is 3.91. The maximum Gasteiger partial charge on any atom is 0.269 e. The first-order valence-corrected chi connectivity index (χ1v) is 8.62. The summed E-state index contributed by atoms with van der Waals surface area (Å²) in [6.07, 6.45) is 0. The van der Waals surface area contributed by atoms with Gasteiger partial charge in [-0.25, -0.2) is 8.42 Å². The van der Waals surface area contributed by atoms with Crippen LogP contribution in [0, 0.1) is 10.1 Å². The predicted octanol–water partition coefficient (Wildman–Crippen LogP) is 4.09. The van der Waals surface area contributed by atoms with Gasteiger partial charge in [-0.15, -0.1) is 0 Å². The summed E-state index contributed by atoms with van der Waals surface area (Å²) in [7, 11) is -3.78. The summed E-state index contributed by atoms with van der Waals surface area (Å²) in [6, 6.07) is 20.8.